The van der Waals surface area contributed by atoms with Crippen molar-refractivity contribution in [3.63, 3.8) is 0 Å². The fourth-order valence-electron chi connectivity index (χ4n) is 3.57. The molecule has 0 saturated carbocycles. The fraction of sp³-hybridized carbons (Fsp3) is 0.400. The SMILES string of the molecule is CN=C(NCc1ccnc(N2CCOCC2)c1)N1CCc2ccccc21. The molecule has 3 heterocycles. The van der Waals surface area contributed by atoms with Crippen LogP contribution in [0.3, 0.4) is 0 Å². The van der Waals surface area contributed by atoms with Gasteiger partial charge >= 0.3 is 0 Å². The van der Waals surface area contributed by atoms with Crippen LogP contribution in [0.15, 0.2) is 47.6 Å². The van der Waals surface area contributed by atoms with Crippen LogP contribution >= 0.6 is 0 Å². The fourth-order valence-corrected chi connectivity index (χ4v) is 3.57. The third-order valence-corrected chi connectivity index (χ3v) is 4.95. The maximum Gasteiger partial charge on any atom is 0.198 e. The van der Waals surface area contributed by atoms with Gasteiger partial charge in [-0.2, -0.15) is 0 Å². The number of hydrogen-bond acceptors (Lipinski definition) is 4. The molecule has 2 aliphatic rings. The molecule has 0 unspecified atom stereocenters. The average Bonchev–Trinajstić information content (AvgIpc) is 3.14. The van der Waals surface area contributed by atoms with Gasteiger partial charge in [-0.15, -0.1) is 0 Å². The van der Waals surface area contributed by atoms with Gasteiger partial charge < -0.3 is 19.9 Å². The van der Waals surface area contributed by atoms with Gasteiger partial charge in [0.2, 0.25) is 0 Å². The predicted octanol–water partition coefficient (Wildman–Crippen LogP) is 2.06. The summed E-state index contributed by atoms with van der Waals surface area (Å²) in [6.45, 7) is 5.03. The van der Waals surface area contributed by atoms with Gasteiger partial charge in [0.1, 0.15) is 5.82 Å². The first-order valence-electron chi connectivity index (χ1n) is 9.19. The van der Waals surface area contributed by atoms with Crippen molar-refractivity contribution in [2.45, 2.75) is 13.0 Å². The molecule has 2 aromatic rings. The van der Waals surface area contributed by atoms with E-state index in [9.17, 15) is 0 Å². The predicted molar refractivity (Wildman–Crippen MR) is 105 cm³/mol. The van der Waals surface area contributed by atoms with E-state index in [0.717, 1.165) is 57.6 Å². The second kappa shape index (κ2) is 7.74. The van der Waals surface area contributed by atoms with Crippen LogP contribution in [0.25, 0.3) is 0 Å². The van der Waals surface area contributed by atoms with Crippen molar-refractivity contribution in [1.29, 1.82) is 0 Å². The van der Waals surface area contributed by atoms with Gasteiger partial charge in [-0.05, 0) is 35.7 Å². The number of pyridine rings is 1. The van der Waals surface area contributed by atoms with Crippen molar-refractivity contribution in [1.82, 2.24) is 10.3 Å². The van der Waals surface area contributed by atoms with Crippen LogP contribution < -0.4 is 15.1 Å². The molecule has 2 aliphatic heterocycles. The van der Waals surface area contributed by atoms with E-state index in [-0.39, 0.29) is 0 Å². The first-order valence-corrected chi connectivity index (χ1v) is 9.19. The Bertz CT molecular complexity index is 785. The summed E-state index contributed by atoms with van der Waals surface area (Å²) < 4.78 is 5.43. The highest BCUT2D eigenvalue weighted by Crippen LogP contribution is 2.27. The number of aliphatic imine (C=N–C) groups is 1. The summed E-state index contributed by atoms with van der Waals surface area (Å²) in [6, 6.07) is 12.8. The number of benzene rings is 1. The number of fused-ring (bicyclic) bond motifs is 1. The zero-order valence-corrected chi connectivity index (χ0v) is 15.2. The van der Waals surface area contributed by atoms with Crippen LogP contribution in [-0.4, -0.2) is 50.8 Å². The molecule has 0 radical (unpaired) electrons. The number of aromatic nitrogens is 1. The monoisotopic (exact) mass is 351 g/mol. The van der Waals surface area contributed by atoms with Crippen molar-refractivity contribution in [2.24, 2.45) is 4.99 Å². The van der Waals surface area contributed by atoms with Gasteiger partial charge in [-0.1, -0.05) is 18.2 Å². The number of para-hydroxylation sites is 1. The van der Waals surface area contributed by atoms with E-state index >= 15 is 0 Å². The molecular formula is C20H25N5O. The average molecular weight is 351 g/mol. The largest absolute Gasteiger partial charge is 0.378 e. The lowest BCUT2D eigenvalue weighted by Crippen LogP contribution is -2.40. The topological polar surface area (TPSA) is 53.0 Å². The number of guanidine groups is 1. The molecule has 26 heavy (non-hydrogen) atoms. The molecule has 0 bridgehead atoms. The number of rotatable bonds is 3. The standard InChI is InChI=1S/C20H25N5O/c1-21-20(25-9-7-17-4-2-3-5-18(17)25)23-15-16-6-8-22-19(14-16)24-10-12-26-13-11-24/h2-6,8,14H,7,9-13,15H2,1H3,(H,21,23). The lowest BCUT2D eigenvalue weighted by atomic mass is 10.2. The molecule has 1 aromatic heterocycles. The Kier molecular flexibility index (Phi) is 5.02. The minimum absolute atomic E-state index is 0.727. The van der Waals surface area contributed by atoms with E-state index in [1.165, 1.54) is 16.8 Å². The Labute approximate surface area is 154 Å². The van der Waals surface area contributed by atoms with E-state index in [0.29, 0.717) is 0 Å². The molecule has 6 nitrogen and oxygen atoms in total. The van der Waals surface area contributed by atoms with Crippen LogP contribution in [-0.2, 0) is 17.7 Å². The number of nitrogens with zero attached hydrogens (tertiary/aromatic N) is 4. The summed E-state index contributed by atoms with van der Waals surface area (Å²) in [7, 11) is 1.84. The molecule has 0 aliphatic carbocycles. The van der Waals surface area contributed by atoms with E-state index in [2.05, 4.69) is 61.5 Å². The van der Waals surface area contributed by atoms with Crippen molar-refractivity contribution >= 4 is 17.5 Å². The number of anilines is 2. The molecule has 1 aromatic carbocycles. The number of morpholine rings is 1. The van der Waals surface area contributed by atoms with E-state index in [1.54, 1.807) is 0 Å². The van der Waals surface area contributed by atoms with Crippen molar-refractivity contribution in [3.05, 3.63) is 53.7 Å². The smallest absolute Gasteiger partial charge is 0.198 e. The summed E-state index contributed by atoms with van der Waals surface area (Å²) in [5.41, 5.74) is 3.84. The van der Waals surface area contributed by atoms with Crippen molar-refractivity contribution < 1.29 is 4.74 Å². The summed E-state index contributed by atoms with van der Waals surface area (Å²) in [4.78, 5) is 13.5. The highest BCUT2D eigenvalue weighted by atomic mass is 16.5. The Morgan fingerprint density at radius 2 is 2.04 bits per heavy atom. The summed E-state index contributed by atoms with van der Waals surface area (Å²) in [6.07, 6.45) is 2.95. The zero-order chi connectivity index (χ0) is 17.8. The molecule has 136 valence electrons. The lowest BCUT2D eigenvalue weighted by Gasteiger charge is -2.28. The third kappa shape index (κ3) is 3.51. The molecule has 0 spiro atoms. The molecule has 6 heteroatoms. The quantitative estimate of drug-likeness (QED) is 0.678. The molecule has 0 amide bonds. The summed E-state index contributed by atoms with van der Waals surface area (Å²) in [5.74, 6) is 1.94. The summed E-state index contributed by atoms with van der Waals surface area (Å²) >= 11 is 0. The second-order valence-corrected chi connectivity index (χ2v) is 6.55. The number of nitrogens with one attached hydrogen (secondary N) is 1. The minimum atomic E-state index is 0.727. The highest BCUT2D eigenvalue weighted by molar-refractivity contribution is 5.97. The van der Waals surface area contributed by atoms with Gasteiger partial charge in [0.05, 0.1) is 13.2 Å². The van der Waals surface area contributed by atoms with Gasteiger partial charge in [0.15, 0.2) is 5.96 Å². The van der Waals surface area contributed by atoms with Crippen LogP contribution in [0.2, 0.25) is 0 Å². The summed E-state index contributed by atoms with van der Waals surface area (Å²) in [5, 5.41) is 3.50. The second-order valence-electron chi connectivity index (χ2n) is 6.55. The highest BCUT2D eigenvalue weighted by Gasteiger charge is 2.22. The number of hydrogen-bond donors (Lipinski definition) is 1. The molecule has 4 rings (SSSR count). The lowest BCUT2D eigenvalue weighted by molar-refractivity contribution is 0.122. The minimum Gasteiger partial charge on any atom is -0.378 e. The Morgan fingerprint density at radius 1 is 1.19 bits per heavy atom. The van der Waals surface area contributed by atoms with Gasteiger partial charge in [0, 0.05) is 45.1 Å². The van der Waals surface area contributed by atoms with Crippen molar-refractivity contribution in [3.8, 4) is 0 Å². The van der Waals surface area contributed by atoms with Crippen LogP contribution in [0, 0.1) is 0 Å². The number of ether oxygens (including phenoxy) is 1. The first-order chi connectivity index (χ1) is 12.8. The van der Waals surface area contributed by atoms with Crippen LogP contribution in [0.1, 0.15) is 11.1 Å². The zero-order valence-electron chi connectivity index (χ0n) is 15.2. The van der Waals surface area contributed by atoms with Gasteiger partial charge in [0.25, 0.3) is 0 Å². The van der Waals surface area contributed by atoms with E-state index < -0.39 is 0 Å². The normalized spacial score (nSPS) is 17.3. The molecular weight excluding hydrogens is 326 g/mol. The first kappa shape index (κ1) is 16.8. The Morgan fingerprint density at radius 3 is 2.88 bits per heavy atom. The molecule has 1 saturated heterocycles. The van der Waals surface area contributed by atoms with Crippen molar-refractivity contribution in [2.75, 3.05) is 49.7 Å². The Hall–Kier alpha value is -2.60. The van der Waals surface area contributed by atoms with Gasteiger partial charge in [-0.25, -0.2) is 4.98 Å². The molecule has 0 atom stereocenters. The third-order valence-electron chi connectivity index (χ3n) is 4.95. The van der Waals surface area contributed by atoms with Crippen LogP contribution in [0.4, 0.5) is 11.5 Å². The molecule has 1 fully saturated rings. The van der Waals surface area contributed by atoms with E-state index in [1.807, 2.05) is 13.2 Å². The van der Waals surface area contributed by atoms with Crippen LogP contribution in [0.5, 0.6) is 0 Å². The Balaban J connectivity index is 1.43. The maximum atomic E-state index is 5.43. The van der Waals surface area contributed by atoms with Gasteiger partial charge in [-0.3, -0.25) is 4.99 Å². The molecule has 1 N–H and O–H groups in total. The van der Waals surface area contributed by atoms with E-state index in [4.69, 9.17) is 4.74 Å². The maximum absolute atomic E-state index is 5.43.